The van der Waals surface area contributed by atoms with Crippen LogP contribution in [-0.2, 0) is 15.6 Å². The van der Waals surface area contributed by atoms with Crippen LogP contribution in [0, 0.1) is 12.8 Å². The number of hydrogen-bond acceptors (Lipinski definition) is 11. The molecule has 6 aromatic rings. The lowest BCUT2D eigenvalue weighted by molar-refractivity contribution is -0.120. The third-order valence-corrected chi connectivity index (χ3v) is 14.0. The molecule has 1 atom stereocenters. The second kappa shape index (κ2) is 16.7. The van der Waals surface area contributed by atoms with E-state index in [1.54, 1.807) is 11.2 Å². The number of fused-ring (bicyclic) bond motifs is 3. The molecule has 0 saturated carbocycles. The fourth-order valence-electron chi connectivity index (χ4n) is 10.1. The van der Waals surface area contributed by atoms with Gasteiger partial charge in [-0.15, -0.1) is 0 Å². The van der Waals surface area contributed by atoms with Gasteiger partial charge in [0, 0.05) is 82.6 Å². The molecule has 65 heavy (non-hydrogen) atoms. The number of aryl methyl sites for hydroxylation is 1. The third-order valence-electron chi connectivity index (χ3n) is 14.0. The molecule has 0 unspecified atom stereocenters. The summed E-state index contributed by atoms with van der Waals surface area (Å²) in [5.74, 6) is 1.45. The van der Waals surface area contributed by atoms with Crippen molar-refractivity contribution in [3.8, 4) is 28.3 Å². The topological polar surface area (TPSA) is 175 Å². The highest BCUT2D eigenvalue weighted by atomic mass is 16.5. The summed E-state index contributed by atoms with van der Waals surface area (Å²) in [7, 11) is 0. The van der Waals surface area contributed by atoms with Gasteiger partial charge in [-0.05, 0) is 112 Å². The minimum atomic E-state index is -0.409. The molecule has 4 aliphatic rings. The number of hydrogen-bond donors (Lipinski definition) is 3. The second-order valence-electron chi connectivity index (χ2n) is 19.4. The molecule has 0 radical (unpaired) electrons. The summed E-state index contributed by atoms with van der Waals surface area (Å²) < 4.78 is 11.7. The smallest absolute Gasteiger partial charge is 0.328 e. The molecule has 3 saturated heterocycles. The molecule has 3 N–H and O–H groups in total. The van der Waals surface area contributed by atoms with Crippen molar-refractivity contribution in [3.05, 3.63) is 101 Å². The van der Waals surface area contributed by atoms with Gasteiger partial charge in [-0.1, -0.05) is 50.2 Å². The fraction of sp³-hybridized carbons (Fsp3) is 0.420. The maximum atomic E-state index is 13.0. The molecule has 1 spiro atoms. The van der Waals surface area contributed by atoms with E-state index in [9.17, 15) is 14.4 Å². The van der Waals surface area contributed by atoms with Crippen LogP contribution in [0.3, 0.4) is 0 Å². The lowest BCUT2D eigenvalue weighted by Gasteiger charge is -2.41. The zero-order valence-corrected chi connectivity index (χ0v) is 37.7. The maximum Gasteiger partial charge on any atom is 0.328 e. The first-order valence-electron chi connectivity index (χ1n) is 22.9. The summed E-state index contributed by atoms with van der Waals surface area (Å²) in [4.78, 5) is 60.7. The second-order valence-corrected chi connectivity index (χ2v) is 19.4. The molecular formula is C50H56N10O5. The van der Waals surface area contributed by atoms with E-state index in [1.165, 1.54) is 11.3 Å². The number of nitrogens with zero attached hydrogens (tertiary/aromatic N) is 7. The number of imide groups is 1. The predicted molar refractivity (Wildman–Crippen MR) is 248 cm³/mol. The minimum Gasteiger partial charge on any atom is -0.492 e. The number of likely N-dealkylation sites (tertiary alicyclic amines) is 1. The van der Waals surface area contributed by atoms with Gasteiger partial charge in [-0.25, -0.2) is 14.8 Å². The van der Waals surface area contributed by atoms with Gasteiger partial charge < -0.3 is 29.4 Å². The first-order chi connectivity index (χ1) is 31.3. The Bertz CT molecular complexity index is 2770. The van der Waals surface area contributed by atoms with Crippen molar-refractivity contribution in [1.29, 1.82) is 0 Å². The van der Waals surface area contributed by atoms with Crippen LogP contribution in [0.15, 0.2) is 77.6 Å². The molecule has 4 amide bonds. The van der Waals surface area contributed by atoms with E-state index >= 15 is 0 Å². The lowest BCUT2D eigenvalue weighted by atomic mass is 9.74. The number of urea groups is 1. The van der Waals surface area contributed by atoms with Gasteiger partial charge in [0.2, 0.25) is 5.91 Å². The van der Waals surface area contributed by atoms with E-state index in [0.717, 1.165) is 115 Å². The Morgan fingerprint density at radius 1 is 0.923 bits per heavy atom. The number of H-pyrrole nitrogens is 1. The molecular weight excluding hydrogens is 821 g/mol. The number of benzene rings is 3. The molecule has 10 rings (SSSR count). The first-order valence-corrected chi connectivity index (χ1v) is 22.9. The molecule has 3 aromatic carbocycles. The monoisotopic (exact) mass is 876 g/mol. The molecule has 15 heteroatoms. The number of carbonyl (C=O) groups is 3. The van der Waals surface area contributed by atoms with E-state index in [4.69, 9.17) is 14.2 Å². The molecule has 4 aliphatic heterocycles. The Hall–Kier alpha value is -6.61. The van der Waals surface area contributed by atoms with E-state index in [2.05, 4.69) is 83.0 Å². The zero-order valence-electron chi connectivity index (χ0n) is 37.7. The van der Waals surface area contributed by atoms with E-state index in [0.29, 0.717) is 31.3 Å². The van der Waals surface area contributed by atoms with Crippen LogP contribution in [0.5, 0.6) is 5.75 Å². The zero-order chi connectivity index (χ0) is 45.0. The largest absolute Gasteiger partial charge is 0.492 e. The highest BCUT2D eigenvalue weighted by Crippen LogP contribution is 2.47. The number of nitrogens with one attached hydrogen (secondary N) is 3. The van der Waals surface area contributed by atoms with Gasteiger partial charge in [-0.3, -0.25) is 19.8 Å². The number of rotatable bonds is 9. The summed E-state index contributed by atoms with van der Waals surface area (Å²) in [6, 6.07) is 22.5. The van der Waals surface area contributed by atoms with E-state index < -0.39 is 5.91 Å². The normalized spacial score (nSPS) is 18.5. The molecule has 336 valence electrons. The van der Waals surface area contributed by atoms with Crippen LogP contribution in [0.25, 0.3) is 33.5 Å². The Morgan fingerprint density at radius 3 is 2.40 bits per heavy atom. The number of aromatic amines is 1. The molecule has 15 nitrogen and oxygen atoms in total. The van der Waals surface area contributed by atoms with Crippen LogP contribution >= 0.6 is 0 Å². The molecule has 7 heterocycles. The van der Waals surface area contributed by atoms with E-state index in [1.807, 2.05) is 58.9 Å². The van der Waals surface area contributed by atoms with Crippen molar-refractivity contribution in [3.63, 3.8) is 0 Å². The predicted octanol–water partition coefficient (Wildman–Crippen LogP) is 7.86. The molecule has 0 aliphatic carbocycles. The van der Waals surface area contributed by atoms with Gasteiger partial charge in [0.15, 0.2) is 5.82 Å². The summed E-state index contributed by atoms with van der Waals surface area (Å²) >= 11 is 0. The van der Waals surface area contributed by atoms with Crippen LogP contribution in [0.2, 0.25) is 0 Å². The van der Waals surface area contributed by atoms with Crippen molar-refractivity contribution in [2.24, 2.45) is 5.92 Å². The SMILES string of the molecule is Cc1cc(-c2ncnc3[nH]c(-c4ccc5c(c4)OCC54CCN(CC5CCN(c6ccc(N7CCC(=O)NC7=O)cc6)CC5)CC4)cc23)ccc1[C@@H](C)NC(=O)c1nc(C(C)(C)C)no1. The van der Waals surface area contributed by atoms with Crippen LogP contribution < -0.4 is 25.2 Å². The average Bonchev–Trinajstić information content (AvgIpc) is 4.06. The molecule has 3 fully saturated rings. The summed E-state index contributed by atoms with van der Waals surface area (Å²) in [6.07, 6.45) is 6.40. The Balaban J connectivity index is 0.748. The Morgan fingerprint density at radius 2 is 1.68 bits per heavy atom. The number of piperidine rings is 2. The molecule has 3 aromatic heterocycles. The Labute approximate surface area is 378 Å². The fourth-order valence-corrected chi connectivity index (χ4v) is 10.1. The number of carbonyl (C=O) groups excluding carboxylic acids is 3. The highest BCUT2D eigenvalue weighted by Gasteiger charge is 2.43. The first kappa shape index (κ1) is 42.3. The van der Waals surface area contributed by atoms with Gasteiger partial charge >= 0.3 is 17.8 Å². The van der Waals surface area contributed by atoms with E-state index in [-0.39, 0.29) is 34.7 Å². The highest BCUT2D eigenvalue weighted by molar-refractivity contribution is 6.05. The maximum absolute atomic E-state index is 13.0. The van der Waals surface area contributed by atoms with Gasteiger partial charge in [0.25, 0.3) is 0 Å². The van der Waals surface area contributed by atoms with Gasteiger partial charge in [0.05, 0.1) is 18.3 Å². The Kier molecular flexibility index (Phi) is 10.9. The average molecular weight is 877 g/mol. The van der Waals surface area contributed by atoms with Crippen molar-refractivity contribution in [1.82, 2.24) is 40.6 Å². The summed E-state index contributed by atoms with van der Waals surface area (Å²) in [5.41, 5.74) is 9.57. The number of ether oxygens (including phenoxy) is 1. The summed E-state index contributed by atoms with van der Waals surface area (Å²) in [5, 5.41) is 10.3. The lowest BCUT2D eigenvalue weighted by Crippen LogP contribution is -2.49. The molecule has 0 bridgehead atoms. The third kappa shape index (κ3) is 8.33. The number of amides is 4. The van der Waals surface area contributed by atoms with Crippen LogP contribution in [-0.4, -0.2) is 93.7 Å². The minimum absolute atomic E-state index is 0.0381. The van der Waals surface area contributed by atoms with Crippen molar-refractivity contribution in [2.75, 3.05) is 55.7 Å². The van der Waals surface area contributed by atoms with Crippen molar-refractivity contribution >= 4 is 40.3 Å². The standard InChI is InChI=1S/C50H56N10O5/c1-30-24-34(6-12-37(30)31(2)53-45(62)46-56-47(57-65-46)49(3,4)5)43-38-26-40(54-44(38)52-29-51-43)33-7-13-39-41(25-33)64-28-50(39)17-22-58(23-18-50)27-32-14-19-59(20-15-32)35-8-10-36(11-9-35)60-21-16-42(61)55-48(60)63/h6-13,24-26,29,31-32H,14-23,27-28H2,1-5H3,(H,53,62)(H,51,52,54)(H,55,61,63)/t31-/m1/s1. The van der Waals surface area contributed by atoms with Crippen molar-refractivity contribution < 1.29 is 23.6 Å². The summed E-state index contributed by atoms with van der Waals surface area (Å²) in [6.45, 7) is 16.3. The van der Waals surface area contributed by atoms with Gasteiger partial charge in [0.1, 0.15) is 17.7 Å². The number of aromatic nitrogens is 5. The van der Waals surface area contributed by atoms with Crippen molar-refractivity contribution in [2.45, 2.75) is 83.6 Å². The number of anilines is 2. The quantitative estimate of drug-likeness (QED) is 0.129. The van der Waals surface area contributed by atoms with Gasteiger partial charge in [-0.2, -0.15) is 4.98 Å². The van der Waals surface area contributed by atoms with Crippen LogP contribution in [0.4, 0.5) is 16.2 Å². The van der Waals surface area contributed by atoms with Crippen LogP contribution in [0.1, 0.15) is 99.0 Å².